The van der Waals surface area contributed by atoms with Crippen LogP contribution in [0.1, 0.15) is 30.9 Å². The normalized spacial score (nSPS) is 14.2. The van der Waals surface area contributed by atoms with Gasteiger partial charge in [0.05, 0.1) is 0 Å². The zero-order chi connectivity index (χ0) is 14.7. The second-order valence-electron chi connectivity index (χ2n) is 5.47. The van der Waals surface area contributed by atoms with Gasteiger partial charge in [-0.2, -0.15) is 0 Å². The van der Waals surface area contributed by atoms with Gasteiger partial charge in [-0.05, 0) is 49.1 Å². The van der Waals surface area contributed by atoms with Crippen molar-refractivity contribution < 1.29 is 4.74 Å². The summed E-state index contributed by atoms with van der Waals surface area (Å²) >= 11 is 6.34. The Kier molecular flexibility index (Phi) is 4.47. The van der Waals surface area contributed by atoms with Crippen LogP contribution in [0.4, 0.5) is 0 Å². The number of aryl methyl sites for hydroxylation is 1. The van der Waals surface area contributed by atoms with E-state index >= 15 is 0 Å². The first kappa shape index (κ1) is 14.4. The predicted octanol–water partition coefficient (Wildman–Crippen LogP) is 4.95. The van der Waals surface area contributed by atoms with Gasteiger partial charge in [0.15, 0.2) is 0 Å². The van der Waals surface area contributed by atoms with Crippen LogP contribution in [0.2, 0.25) is 5.02 Å². The lowest BCUT2D eigenvalue weighted by atomic mass is 10.1. The highest BCUT2D eigenvalue weighted by atomic mass is 35.5. The minimum Gasteiger partial charge on any atom is -0.457 e. The van der Waals surface area contributed by atoms with E-state index in [4.69, 9.17) is 16.3 Å². The van der Waals surface area contributed by atoms with E-state index in [0.29, 0.717) is 6.04 Å². The minimum absolute atomic E-state index is 0.651. The van der Waals surface area contributed by atoms with Crippen LogP contribution in [0, 0.1) is 0 Å². The van der Waals surface area contributed by atoms with Gasteiger partial charge in [0.25, 0.3) is 0 Å². The lowest BCUT2D eigenvalue weighted by Gasteiger charge is -2.14. The van der Waals surface area contributed by atoms with Gasteiger partial charge >= 0.3 is 0 Å². The van der Waals surface area contributed by atoms with Crippen molar-refractivity contribution in [1.29, 1.82) is 0 Å². The van der Waals surface area contributed by atoms with E-state index < -0.39 is 0 Å². The zero-order valence-electron chi connectivity index (χ0n) is 12.2. The van der Waals surface area contributed by atoms with Crippen molar-refractivity contribution in [2.24, 2.45) is 0 Å². The Bertz CT molecular complexity index is 622. The third-order valence-corrected chi connectivity index (χ3v) is 4.11. The summed E-state index contributed by atoms with van der Waals surface area (Å²) < 4.78 is 6.06. The summed E-state index contributed by atoms with van der Waals surface area (Å²) in [6.45, 7) is 2.90. The van der Waals surface area contributed by atoms with Crippen LogP contribution in [0.15, 0.2) is 42.5 Å². The summed E-state index contributed by atoms with van der Waals surface area (Å²) in [6, 6.07) is 14.7. The van der Waals surface area contributed by atoms with E-state index in [1.807, 2.05) is 30.3 Å². The Labute approximate surface area is 131 Å². The number of nitrogens with one attached hydrogen (secondary N) is 1. The van der Waals surface area contributed by atoms with Gasteiger partial charge in [0.1, 0.15) is 11.5 Å². The Morgan fingerprint density at radius 2 is 2.00 bits per heavy atom. The third-order valence-electron chi connectivity index (χ3n) is 3.76. The molecule has 1 aliphatic carbocycles. The van der Waals surface area contributed by atoms with Crippen molar-refractivity contribution in [3.8, 4) is 11.5 Å². The molecular formula is C18H20ClNO. The maximum Gasteiger partial charge on any atom is 0.133 e. The largest absolute Gasteiger partial charge is 0.457 e. The monoisotopic (exact) mass is 301 g/mol. The summed E-state index contributed by atoms with van der Waals surface area (Å²) in [5, 5.41) is 4.25. The Balaban J connectivity index is 1.81. The molecule has 0 aromatic heterocycles. The van der Waals surface area contributed by atoms with E-state index in [-0.39, 0.29) is 0 Å². The number of ether oxygens (including phenoxy) is 1. The average Bonchev–Trinajstić information content (AvgIpc) is 3.31. The van der Waals surface area contributed by atoms with Crippen LogP contribution >= 0.6 is 11.6 Å². The molecule has 21 heavy (non-hydrogen) atoms. The van der Waals surface area contributed by atoms with Crippen molar-refractivity contribution in [3.63, 3.8) is 0 Å². The van der Waals surface area contributed by atoms with Gasteiger partial charge < -0.3 is 10.1 Å². The fourth-order valence-electron chi connectivity index (χ4n) is 2.30. The van der Waals surface area contributed by atoms with Gasteiger partial charge in [-0.15, -0.1) is 0 Å². The SMILES string of the molecule is CCc1cccc(Oc2cccc(Cl)c2CNC2CC2)c1. The van der Waals surface area contributed by atoms with E-state index in [1.54, 1.807) is 0 Å². The fourth-order valence-corrected chi connectivity index (χ4v) is 2.53. The predicted molar refractivity (Wildman–Crippen MR) is 87.2 cm³/mol. The maximum atomic E-state index is 6.34. The zero-order valence-corrected chi connectivity index (χ0v) is 13.0. The van der Waals surface area contributed by atoms with Gasteiger partial charge in [-0.3, -0.25) is 0 Å². The fraction of sp³-hybridized carbons (Fsp3) is 0.333. The van der Waals surface area contributed by atoms with Gasteiger partial charge in [0, 0.05) is 23.2 Å². The summed E-state index contributed by atoms with van der Waals surface area (Å²) in [6.07, 6.45) is 3.53. The van der Waals surface area contributed by atoms with Crippen LogP contribution in [0.5, 0.6) is 11.5 Å². The van der Waals surface area contributed by atoms with Crippen molar-refractivity contribution in [3.05, 3.63) is 58.6 Å². The molecule has 0 amide bonds. The number of halogens is 1. The molecule has 2 aromatic rings. The van der Waals surface area contributed by atoms with E-state index in [0.717, 1.165) is 35.1 Å². The Morgan fingerprint density at radius 1 is 1.19 bits per heavy atom. The summed E-state index contributed by atoms with van der Waals surface area (Å²) in [4.78, 5) is 0. The smallest absolute Gasteiger partial charge is 0.133 e. The molecule has 0 saturated heterocycles. The molecule has 110 valence electrons. The van der Waals surface area contributed by atoms with Crippen LogP contribution < -0.4 is 10.1 Å². The standard InChI is InChI=1S/C18H20ClNO/c1-2-13-5-3-6-15(11-13)21-18-8-4-7-17(19)16(18)12-20-14-9-10-14/h3-8,11,14,20H,2,9-10,12H2,1H3. The van der Waals surface area contributed by atoms with Crippen LogP contribution in [0.3, 0.4) is 0 Å². The van der Waals surface area contributed by atoms with Crippen LogP contribution in [0.25, 0.3) is 0 Å². The van der Waals surface area contributed by atoms with Crippen molar-refractivity contribution >= 4 is 11.6 Å². The second-order valence-corrected chi connectivity index (χ2v) is 5.88. The maximum absolute atomic E-state index is 6.34. The molecular weight excluding hydrogens is 282 g/mol. The first-order valence-electron chi connectivity index (χ1n) is 7.54. The van der Waals surface area contributed by atoms with Gasteiger partial charge in [0.2, 0.25) is 0 Å². The summed E-state index contributed by atoms with van der Waals surface area (Å²) in [7, 11) is 0. The van der Waals surface area contributed by atoms with Gasteiger partial charge in [-0.1, -0.05) is 36.7 Å². The molecule has 1 saturated carbocycles. The highest BCUT2D eigenvalue weighted by Gasteiger charge is 2.21. The molecule has 0 bridgehead atoms. The summed E-state index contributed by atoms with van der Waals surface area (Å²) in [5.41, 5.74) is 2.31. The highest BCUT2D eigenvalue weighted by molar-refractivity contribution is 6.31. The molecule has 0 heterocycles. The Hall–Kier alpha value is -1.51. The lowest BCUT2D eigenvalue weighted by Crippen LogP contribution is -2.16. The number of benzene rings is 2. The summed E-state index contributed by atoms with van der Waals surface area (Å²) in [5.74, 6) is 1.70. The first-order valence-corrected chi connectivity index (χ1v) is 7.91. The molecule has 1 fully saturated rings. The van der Waals surface area contributed by atoms with Gasteiger partial charge in [-0.25, -0.2) is 0 Å². The molecule has 1 N–H and O–H groups in total. The van der Waals surface area contributed by atoms with Crippen LogP contribution in [-0.4, -0.2) is 6.04 Å². The second kappa shape index (κ2) is 6.50. The van der Waals surface area contributed by atoms with E-state index in [9.17, 15) is 0 Å². The van der Waals surface area contributed by atoms with Crippen molar-refractivity contribution in [1.82, 2.24) is 5.32 Å². The van der Waals surface area contributed by atoms with E-state index in [2.05, 4.69) is 24.4 Å². The molecule has 2 nitrogen and oxygen atoms in total. The Morgan fingerprint density at radius 3 is 2.76 bits per heavy atom. The molecule has 3 heteroatoms. The van der Waals surface area contributed by atoms with Crippen LogP contribution in [-0.2, 0) is 13.0 Å². The minimum atomic E-state index is 0.651. The molecule has 0 atom stereocenters. The highest BCUT2D eigenvalue weighted by Crippen LogP contribution is 2.31. The topological polar surface area (TPSA) is 21.3 Å². The van der Waals surface area contributed by atoms with Crippen molar-refractivity contribution in [2.45, 2.75) is 38.8 Å². The van der Waals surface area contributed by atoms with E-state index in [1.165, 1.54) is 18.4 Å². The number of hydrogen-bond acceptors (Lipinski definition) is 2. The molecule has 0 spiro atoms. The average molecular weight is 302 g/mol. The number of rotatable bonds is 6. The molecule has 0 radical (unpaired) electrons. The molecule has 1 aliphatic rings. The van der Waals surface area contributed by atoms with Crippen molar-refractivity contribution in [2.75, 3.05) is 0 Å². The third kappa shape index (κ3) is 3.78. The molecule has 3 rings (SSSR count). The quantitative estimate of drug-likeness (QED) is 0.815. The molecule has 0 unspecified atom stereocenters. The first-order chi connectivity index (χ1) is 10.3. The number of hydrogen-bond donors (Lipinski definition) is 1. The molecule has 0 aliphatic heterocycles. The molecule has 2 aromatic carbocycles. The lowest BCUT2D eigenvalue weighted by molar-refractivity contribution is 0.472.